The highest BCUT2D eigenvalue weighted by molar-refractivity contribution is 7.91. The Labute approximate surface area is 153 Å². The molecule has 0 bridgehead atoms. The highest BCUT2D eigenvalue weighted by atomic mass is 35.5. The van der Waals surface area contributed by atoms with Crippen molar-refractivity contribution in [3.63, 3.8) is 0 Å². The molecule has 8 heteroatoms. The molecule has 1 fully saturated rings. The lowest BCUT2D eigenvalue weighted by atomic mass is 10.1. The molecule has 2 aromatic rings. The van der Waals surface area contributed by atoms with Gasteiger partial charge >= 0.3 is 0 Å². The van der Waals surface area contributed by atoms with Crippen LogP contribution in [0.2, 0.25) is 0 Å². The van der Waals surface area contributed by atoms with Crippen LogP contribution in [0.25, 0.3) is 0 Å². The quantitative estimate of drug-likeness (QED) is 0.773. The van der Waals surface area contributed by atoms with Crippen LogP contribution in [-0.4, -0.2) is 32.4 Å². The molecule has 0 aliphatic carbocycles. The number of nitrogen functional groups attached to an aromatic ring is 1. The molecule has 0 spiro atoms. The molecule has 1 aromatic heterocycles. The molecule has 132 valence electrons. The molecule has 0 amide bonds. The van der Waals surface area contributed by atoms with Crippen LogP contribution in [-0.2, 0) is 16.6 Å². The average molecular weight is 388 g/mol. The third kappa shape index (κ3) is 4.94. The number of rotatable bonds is 5. The maximum absolute atomic E-state index is 12.2. The van der Waals surface area contributed by atoms with E-state index in [-0.39, 0.29) is 18.4 Å². The van der Waals surface area contributed by atoms with Crippen molar-refractivity contribution in [1.82, 2.24) is 9.62 Å². The molecular formula is C16H22ClN3O2S2. The molecule has 3 N–H and O–H groups in total. The summed E-state index contributed by atoms with van der Waals surface area (Å²) in [4.78, 5) is 2.34. The molecule has 0 atom stereocenters. The van der Waals surface area contributed by atoms with Crippen molar-refractivity contribution in [3.8, 4) is 0 Å². The summed E-state index contributed by atoms with van der Waals surface area (Å²) in [5.74, 6) is 0. The maximum Gasteiger partial charge on any atom is 0.250 e. The van der Waals surface area contributed by atoms with Crippen LogP contribution >= 0.6 is 23.7 Å². The molecule has 1 aliphatic heterocycles. The zero-order chi connectivity index (χ0) is 16.3. The highest BCUT2D eigenvalue weighted by Crippen LogP contribution is 2.20. The molecule has 0 unspecified atom stereocenters. The molecule has 1 aromatic carbocycles. The zero-order valence-electron chi connectivity index (χ0n) is 13.2. The van der Waals surface area contributed by atoms with Gasteiger partial charge in [-0.05, 0) is 42.0 Å². The molecule has 0 radical (unpaired) electrons. The summed E-state index contributed by atoms with van der Waals surface area (Å²) in [7, 11) is -3.37. The normalized spacial score (nSPS) is 16.7. The predicted molar refractivity (Wildman–Crippen MR) is 101 cm³/mol. The Balaban J connectivity index is 0.00000208. The Morgan fingerprint density at radius 1 is 1.21 bits per heavy atom. The minimum atomic E-state index is -3.37. The lowest BCUT2D eigenvalue weighted by Crippen LogP contribution is -2.44. The number of piperidine rings is 1. The smallest absolute Gasteiger partial charge is 0.250 e. The Bertz CT molecular complexity index is 742. The molecule has 5 nitrogen and oxygen atoms in total. The third-order valence-corrected chi connectivity index (χ3v) is 6.94. The average Bonchev–Trinajstić information content (AvgIpc) is 3.04. The summed E-state index contributed by atoms with van der Waals surface area (Å²) in [6.07, 6.45) is 1.65. The highest BCUT2D eigenvalue weighted by Gasteiger charge is 2.25. The van der Waals surface area contributed by atoms with Gasteiger partial charge < -0.3 is 5.73 Å². The maximum atomic E-state index is 12.2. The number of thiophene rings is 1. The van der Waals surface area contributed by atoms with Crippen molar-refractivity contribution in [1.29, 1.82) is 0 Å². The number of halogens is 1. The summed E-state index contributed by atoms with van der Waals surface area (Å²) in [5, 5.41) is 1.78. The van der Waals surface area contributed by atoms with E-state index < -0.39 is 10.0 Å². The number of benzene rings is 1. The van der Waals surface area contributed by atoms with Gasteiger partial charge in [-0.3, -0.25) is 4.90 Å². The number of nitrogens with two attached hydrogens (primary N) is 1. The largest absolute Gasteiger partial charge is 0.399 e. The van der Waals surface area contributed by atoms with Crippen LogP contribution in [0.15, 0.2) is 46.0 Å². The number of hydrogen-bond donors (Lipinski definition) is 2. The van der Waals surface area contributed by atoms with Gasteiger partial charge in [0.2, 0.25) is 10.0 Å². The van der Waals surface area contributed by atoms with Crippen LogP contribution in [0.3, 0.4) is 0 Å². The van der Waals surface area contributed by atoms with E-state index in [0.717, 1.165) is 38.2 Å². The van der Waals surface area contributed by atoms with Gasteiger partial charge in [-0.1, -0.05) is 18.2 Å². The monoisotopic (exact) mass is 387 g/mol. The van der Waals surface area contributed by atoms with Crippen molar-refractivity contribution < 1.29 is 8.42 Å². The first-order chi connectivity index (χ1) is 11.0. The number of anilines is 1. The van der Waals surface area contributed by atoms with Crippen LogP contribution in [0, 0.1) is 0 Å². The van der Waals surface area contributed by atoms with Crippen molar-refractivity contribution >= 4 is 39.5 Å². The van der Waals surface area contributed by atoms with Crippen LogP contribution in [0.5, 0.6) is 0 Å². The van der Waals surface area contributed by atoms with Gasteiger partial charge in [0.1, 0.15) is 4.21 Å². The van der Waals surface area contributed by atoms with Crippen LogP contribution in [0.4, 0.5) is 5.69 Å². The van der Waals surface area contributed by atoms with E-state index >= 15 is 0 Å². The van der Waals surface area contributed by atoms with E-state index in [0.29, 0.717) is 4.21 Å². The van der Waals surface area contributed by atoms with E-state index in [9.17, 15) is 8.42 Å². The molecule has 1 saturated heterocycles. The minimum Gasteiger partial charge on any atom is -0.399 e. The first-order valence-electron chi connectivity index (χ1n) is 7.65. The summed E-state index contributed by atoms with van der Waals surface area (Å²) in [6, 6.07) is 11.3. The third-order valence-electron chi connectivity index (χ3n) is 4.03. The van der Waals surface area contributed by atoms with Gasteiger partial charge in [0.25, 0.3) is 0 Å². The Hall–Kier alpha value is -1.12. The summed E-state index contributed by atoms with van der Waals surface area (Å²) >= 11 is 1.25. The van der Waals surface area contributed by atoms with Crippen molar-refractivity contribution in [2.45, 2.75) is 29.6 Å². The van der Waals surface area contributed by atoms with E-state index in [4.69, 9.17) is 5.73 Å². The molecule has 0 saturated carbocycles. The van der Waals surface area contributed by atoms with Crippen LogP contribution < -0.4 is 10.5 Å². The first kappa shape index (κ1) is 19.2. The summed E-state index contributed by atoms with van der Waals surface area (Å²) in [5.41, 5.74) is 7.78. The van der Waals surface area contributed by atoms with E-state index in [1.54, 1.807) is 17.5 Å². The minimum absolute atomic E-state index is 0. The summed E-state index contributed by atoms with van der Waals surface area (Å²) < 4.78 is 27.7. The predicted octanol–water partition coefficient (Wildman–Crippen LogP) is 2.70. The number of sulfonamides is 1. The molecule has 24 heavy (non-hydrogen) atoms. The topological polar surface area (TPSA) is 75.4 Å². The second-order valence-corrected chi connectivity index (χ2v) is 8.74. The van der Waals surface area contributed by atoms with Crippen molar-refractivity contribution in [2.75, 3.05) is 18.8 Å². The molecule has 1 aliphatic rings. The van der Waals surface area contributed by atoms with Gasteiger partial charge in [0, 0.05) is 31.4 Å². The van der Waals surface area contributed by atoms with Gasteiger partial charge in [0.15, 0.2) is 0 Å². The van der Waals surface area contributed by atoms with Gasteiger partial charge in [-0.2, -0.15) is 0 Å². The fourth-order valence-electron chi connectivity index (χ4n) is 2.85. The Kier molecular flexibility index (Phi) is 6.65. The fraction of sp³-hybridized carbons (Fsp3) is 0.375. The van der Waals surface area contributed by atoms with E-state index in [2.05, 4.69) is 15.7 Å². The SMILES string of the molecule is Cl.Nc1cccc(CN2CCC(NS(=O)(=O)c3cccs3)CC2)c1. The fourth-order valence-corrected chi connectivity index (χ4v) is 5.17. The lowest BCUT2D eigenvalue weighted by molar-refractivity contribution is 0.200. The molecular weight excluding hydrogens is 366 g/mol. The molecule has 2 heterocycles. The van der Waals surface area contributed by atoms with Crippen LogP contribution in [0.1, 0.15) is 18.4 Å². The number of nitrogens with one attached hydrogen (secondary N) is 1. The number of likely N-dealkylation sites (tertiary alicyclic amines) is 1. The van der Waals surface area contributed by atoms with Crippen molar-refractivity contribution in [2.24, 2.45) is 0 Å². The zero-order valence-corrected chi connectivity index (χ0v) is 15.7. The van der Waals surface area contributed by atoms with E-state index in [1.165, 1.54) is 16.9 Å². The standard InChI is InChI=1S/C16H21N3O2S2.ClH/c17-14-4-1-3-13(11-14)12-19-8-6-15(7-9-19)18-23(20,21)16-5-2-10-22-16;/h1-5,10-11,15,18H,6-9,12,17H2;1H. The first-order valence-corrected chi connectivity index (χ1v) is 10.0. The summed E-state index contributed by atoms with van der Waals surface area (Å²) in [6.45, 7) is 2.62. The van der Waals surface area contributed by atoms with Gasteiger partial charge in [0.05, 0.1) is 0 Å². The molecule has 3 rings (SSSR count). The van der Waals surface area contributed by atoms with Gasteiger partial charge in [-0.15, -0.1) is 23.7 Å². The van der Waals surface area contributed by atoms with E-state index in [1.807, 2.05) is 18.2 Å². The second-order valence-electron chi connectivity index (χ2n) is 5.85. The van der Waals surface area contributed by atoms with Gasteiger partial charge in [-0.25, -0.2) is 13.1 Å². The Morgan fingerprint density at radius 3 is 2.58 bits per heavy atom. The number of nitrogens with zero attached hydrogens (tertiary/aromatic N) is 1. The lowest BCUT2D eigenvalue weighted by Gasteiger charge is -2.32. The number of hydrogen-bond acceptors (Lipinski definition) is 5. The second kappa shape index (κ2) is 8.31. The Morgan fingerprint density at radius 2 is 1.96 bits per heavy atom. The van der Waals surface area contributed by atoms with Crippen molar-refractivity contribution in [3.05, 3.63) is 47.3 Å².